The molecule has 0 aliphatic carbocycles. The Kier molecular flexibility index (Phi) is 5.11. The highest BCUT2D eigenvalue weighted by atomic mass is 35.5. The molecule has 2 aromatic rings. The summed E-state index contributed by atoms with van der Waals surface area (Å²) in [7, 11) is -3.12. The lowest BCUT2D eigenvalue weighted by Gasteiger charge is -2.21. The summed E-state index contributed by atoms with van der Waals surface area (Å²) in [6.45, 7) is 5.29. The first-order valence-electron chi connectivity index (χ1n) is 8.07. The first-order valence-corrected chi connectivity index (χ1v) is 10.3. The number of benzene rings is 1. The van der Waals surface area contributed by atoms with Crippen molar-refractivity contribution in [1.82, 2.24) is 14.2 Å². The van der Waals surface area contributed by atoms with Crippen molar-refractivity contribution in [3.05, 3.63) is 40.5 Å². The van der Waals surface area contributed by atoms with E-state index in [0.29, 0.717) is 31.2 Å². The van der Waals surface area contributed by atoms with Gasteiger partial charge in [0.1, 0.15) is 0 Å². The van der Waals surface area contributed by atoms with E-state index in [1.807, 2.05) is 31.2 Å². The molecule has 1 fully saturated rings. The van der Waals surface area contributed by atoms with Crippen molar-refractivity contribution >= 4 is 32.5 Å². The Labute approximate surface area is 148 Å². The molecule has 7 heteroatoms. The average Bonchev–Trinajstić information content (AvgIpc) is 2.78. The van der Waals surface area contributed by atoms with E-state index in [1.165, 1.54) is 6.26 Å². The van der Waals surface area contributed by atoms with Crippen molar-refractivity contribution in [2.45, 2.75) is 19.9 Å². The zero-order valence-electron chi connectivity index (χ0n) is 14.0. The lowest BCUT2D eigenvalue weighted by molar-refractivity contribution is 0.276. The number of aromatic nitrogens is 1. The molecular weight excluding hydrogens is 346 g/mol. The van der Waals surface area contributed by atoms with E-state index >= 15 is 0 Å². The summed E-state index contributed by atoms with van der Waals surface area (Å²) in [5.41, 5.74) is 2.85. The highest BCUT2D eigenvalue weighted by molar-refractivity contribution is 7.88. The molecule has 1 aromatic carbocycles. The molecule has 1 aliphatic rings. The Morgan fingerprint density at radius 2 is 1.92 bits per heavy atom. The van der Waals surface area contributed by atoms with Gasteiger partial charge in [-0.2, -0.15) is 0 Å². The van der Waals surface area contributed by atoms with Crippen molar-refractivity contribution in [2.24, 2.45) is 0 Å². The number of nitrogens with zero attached hydrogens (tertiary/aromatic N) is 3. The van der Waals surface area contributed by atoms with Gasteiger partial charge in [-0.15, -0.1) is 0 Å². The molecule has 0 N–H and O–H groups in total. The maximum atomic E-state index is 11.7. The molecule has 1 aromatic heterocycles. The van der Waals surface area contributed by atoms with Crippen LogP contribution in [0.1, 0.15) is 17.7 Å². The number of hydrogen-bond acceptors (Lipinski definition) is 4. The highest BCUT2D eigenvalue weighted by Crippen LogP contribution is 2.27. The summed E-state index contributed by atoms with van der Waals surface area (Å²) in [5, 5.41) is 1.78. The summed E-state index contributed by atoms with van der Waals surface area (Å²) < 4.78 is 25.0. The van der Waals surface area contributed by atoms with Gasteiger partial charge >= 0.3 is 0 Å². The van der Waals surface area contributed by atoms with E-state index in [4.69, 9.17) is 16.6 Å². The first kappa shape index (κ1) is 17.6. The predicted molar refractivity (Wildman–Crippen MR) is 97.8 cm³/mol. The summed E-state index contributed by atoms with van der Waals surface area (Å²) in [6.07, 6.45) is 2.09. The van der Waals surface area contributed by atoms with Crippen molar-refractivity contribution < 1.29 is 8.42 Å². The number of hydrogen-bond donors (Lipinski definition) is 0. The zero-order chi connectivity index (χ0) is 17.3. The van der Waals surface area contributed by atoms with E-state index in [9.17, 15) is 8.42 Å². The van der Waals surface area contributed by atoms with Gasteiger partial charge in [-0.25, -0.2) is 17.7 Å². The molecule has 0 spiro atoms. The minimum atomic E-state index is -3.12. The van der Waals surface area contributed by atoms with Gasteiger partial charge in [-0.05, 0) is 31.5 Å². The van der Waals surface area contributed by atoms with E-state index in [0.717, 1.165) is 35.1 Å². The molecule has 2 heterocycles. The standard InChI is InChI=1S/C17H22ClN3O2S/c1-13-14-6-3-4-7-15(14)19-16(17(13)18)12-20-8-5-9-21(11-10-20)24(2,22)23/h3-4,6-7H,5,8-12H2,1-2H3. The maximum Gasteiger partial charge on any atom is 0.211 e. The Morgan fingerprint density at radius 1 is 1.17 bits per heavy atom. The van der Waals surface area contributed by atoms with Crippen LogP contribution in [-0.2, 0) is 16.6 Å². The number of aryl methyl sites for hydroxylation is 1. The van der Waals surface area contributed by atoms with E-state index in [2.05, 4.69) is 4.90 Å². The second-order valence-electron chi connectivity index (χ2n) is 6.31. The Balaban J connectivity index is 1.81. The highest BCUT2D eigenvalue weighted by Gasteiger charge is 2.22. The van der Waals surface area contributed by atoms with Crippen LogP contribution < -0.4 is 0 Å². The fourth-order valence-corrected chi connectivity index (χ4v) is 4.25. The predicted octanol–water partition coefficient (Wildman–Crippen LogP) is 2.66. The molecule has 0 atom stereocenters. The second kappa shape index (κ2) is 6.96. The molecule has 5 nitrogen and oxygen atoms in total. The lowest BCUT2D eigenvalue weighted by atomic mass is 10.1. The molecule has 1 aliphatic heterocycles. The third-order valence-corrected chi connectivity index (χ3v) is 6.34. The minimum Gasteiger partial charge on any atom is -0.296 e. The number of sulfonamides is 1. The third-order valence-electron chi connectivity index (χ3n) is 4.54. The molecule has 24 heavy (non-hydrogen) atoms. The zero-order valence-corrected chi connectivity index (χ0v) is 15.6. The SMILES string of the molecule is Cc1c(Cl)c(CN2CCCN(S(C)(=O)=O)CC2)nc2ccccc12. The van der Waals surface area contributed by atoms with Gasteiger partial charge in [0.05, 0.1) is 22.5 Å². The Hall–Kier alpha value is -1.21. The average molecular weight is 368 g/mol. The van der Waals surface area contributed by atoms with Gasteiger partial charge in [-0.1, -0.05) is 29.8 Å². The number of para-hydroxylation sites is 1. The molecule has 3 rings (SSSR count). The lowest BCUT2D eigenvalue weighted by Crippen LogP contribution is -2.34. The summed E-state index contributed by atoms with van der Waals surface area (Å²) in [6, 6.07) is 7.99. The van der Waals surface area contributed by atoms with Gasteiger partial charge in [0.2, 0.25) is 10.0 Å². The van der Waals surface area contributed by atoms with Gasteiger partial charge in [0.25, 0.3) is 0 Å². The minimum absolute atomic E-state index is 0.517. The monoisotopic (exact) mass is 367 g/mol. The first-order chi connectivity index (χ1) is 11.4. The Bertz CT molecular complexity index is 854. The van der Waals surface area contributed by atoms with E-state index in [1.54, 1.807) is 4.31 Å². The fourth-order valence-electron chi connectivity index (χ4n) is 3.17. The molecular formula is C17H22ClN3O2S. The van der Waals surface area contributed by atoms with Crippen LogP contribution in [0, 0.1) is 6.92 Å². The molecule has 1 saturated heterocycles. The number of fused-ring (bicyclic) bond motifs is 1. The molecule has 0 saturated carbocycles. The van der Waals surface area contributed by atoms with Crippen LogP contribution >= 0.6 is 11.6 Å². The largest absolute Gasteiger partial charge is 0.296 e. The topological polar surface area (TPSA) is 53.5 Å². The van der Waals surface area contributed by atoms with E-state index < -0.39 is 10.0 Å². The number of rotatable bonds is 3. The summed E-state index contributed by atoms with van der Waals surface area (Å²) in [4.78, 5) is 6.95. The van der Waals surface area contributed by atoms with Crippen LogP contribution in [0.15, 0.2) is 24.3 Å². The Morgan fingerprint density at radius 3 is 2.67 bits per heavy atom. The van der Waals surface area contributed by atoms with Crippen LogP contribution in [0.4, 0.5) is 0 Å². The van der Waals surface area contributed by atoms with Crippen molar-refractivity contribution in [2.75, 3.05) is 32.4 Å². The quantitative estimate of drug-likeness (QED) is 0.836. The fraction of sp³-hybridized carbons (Fsp3) is 0.471. The van der Waals surface area contributed by atoms with Gasteiger partial charge < -0.3 is 0 Å². The van der Waals surface area contributed by atoms with Crippen LogP contribution in [0.3, 0.4) is 0 Å². The normalized spacial score (nSPS) is 18.0. The van der Waals surface area contributed by atoms with Gasteiger partial charge in [-0.3, -0.25) is 4.90 Å². The number of halogens is 1. The van der Waals surface area contributed by atoms with Crippen LogP contribution in [0.2, 0.25) is 5.02 Å². The second-order valence-corrected chi connectivity index (χ2v) is 8.67. The third kappa shape index (κ3) is 3.72. The maximum absolute atomic E-state index is 11.7. The summed E-state index contributed by atoms with van der Waals surface area (Å²) in [5.74, 6) is 0. The summed E-state index contributed by atoms with van der Waals surface area (Å²) >= 11 is 6.54. The van der Waals surface area contributed by atoms with Crippen LogP contribution in [0.25, 0.3) is 10.9 Å². The van der Waals surface area contributed by atoms with Crippen molar-refractivity contribution in [1.29, 1.82) is 0 Å². The van der Waals surface area contributed by atoms with Crippen LogP contribution in [0.5, 0.6) is 0 Å². The van der Waals surface area contributed by atoms with Crippen molar-refractivity contribution in [3.63, 3.8) is 0 Å². The van der Waals surface area contributed by atoms with E-state index in [-0.39, 0.29) is 0 Å². The molecule has 0 radical (unpaired) electrons. The molecule has 0 bridgehead atoms. The van der Waals surface area contributed by atoms with Crippen molar-refractivity contribution in [3.8, 4) is 0 Å². The van der Waals surface area contributed by atoms with Crippen LogP contribution in [-0.4, -0.2) is 55.0 Å². The van der Waals surface area contributed by atoms with Gasteiger partial charge in [0.15, 0.2) is 0 Å². The smallest absolute Gasteiger partial charge is 0.211 e. The molecule has 130 valence electrons. The molecule has 0 amide bonds. The number of pyridine rings is 1. The van der Waals surface area contributed by atoms with Gasteiger partial charge in [0, 0.05) is 31.6 Å². The molecule has 0 unspecified atom stereocenters.